The van der Waals surface area contributed by atoms with Crippen molar-refractivity contribution in [3.63, 3.8) is 0 Å². The zero-order valence-corrected chi connectivity index (χ0v) is 35.9. The van der Waals surface area contributed by atoms with Gasteiger partial charge in [-0.15, -0.1) is 4.70 Å². The number of carbonyl (C=O) groups is 2. The van der Waals surface area contributed by atoms with Crippen molar-refractivity contribution in [1.29, 1.82) is 5.41 Å². The van der Waals surface area contributed by atoms with E-state index in [9.17, 15) is 19.8 Å². The Morgan fingerprint density at radius 2 is 1.84 bits per heavy atom. The van der Waals surface area contributed by atoms with Crippen LogP contribution in [0.3, 0.4) is 0 Å². The van der Waals surface area contributed by atoms with Gasteiger partial charge in [-0.25, -0.2) is 15.4 Å². The number of aromatic nitrogens is 1. The second-order valence-electron chi connectivity index (χ2n) is 17.4. The minimum Gasteiger partial charge on any atom is -0.494 e. The lowest BCUT2D eigenvalue weighted by atomic mass is 9.59. The van der Waals surface area contributed by atoms with Crippen LogP contribution in [0.2, 0.25) is 5.02 Å². The molecule has 1 saturated carbocycles. The van der Waals surface area contributed by atoms with E-state index in [-0.39, 0.29) is 35.9 Å². The Bertz CT molecular complexity index is 2240. The molecule has 4 atom stereocenters. The number of nitrogens with one attached hydrogen (secondary N) is 2. The quantitative estimate of drug-likeness (QED) is 0.0131. The summed E-state index contributed by atoms with van der Waals surface area (Å²) in [6.45, 7) is 5.39. The molecule has 0 aliphatic heterocycles. The van der Waals surface area contributed by atoms with Crippen LogP contribution in [0.1, 0.15) is 106 Å². The Morgan fingerprint density at radius 1 is 1.05 bits per heavy atom. The summed E-state index contributed by atoms with van der Waals surface area (Å²) in [6.07, 6.45) is 9.99. The van der Waals surface area contributed by atoms with Crippen LogP contribution >= 0.6 is 11.6 Å². The predicted molar refractivity (Wildman–Crippen MR) is 235 cm³/mol. The lowest BCUT2D eigenvalue weighted by Gasteiger charge is -2.47. The van der Waals surface area contributed by atoms with Crippen molar-refractivity contribution in [3.05, 3.63) is 118 Å². The van der Waals surface area contributed by atoms with Crippen LogP contribution in [0.4, 0.5) is 5.69 Å². The molecule has 1 fully saturated rings. The maximum absolute atomic E-state index is 13.1. The van der Waals surface area contributed by atoms with Gasteiger partial charge in [0.2, 0.25) is 11.9 Å². The highest BCUT2D eigenvalue weighted by Gasteiger charge is 2.54. The van der Waals surface area contributed by atoms with E-state index in [1.165, 1.54) is 16.7 Å². The fraction of sp³-hybridized carbons (Fsp3) is 0.458. The van der Waals surface area contributed by atoms with Gasteiger partial charge in [-0.1, -0.05) is 67.9 Å². The number of rotatable bonds is 17. The molecule has 1 aromatic heterocycles. The molecule has 0 bridgehead atoms. The maximum Gasteiger partial charge on any atom is 0.344 e. The summed E-state index contributed by atoms with van der Waals surface area (Å²) in [5, 5.41) is 37.0. The largest absolute Gasteiger partial charge is 0.494 e. The molecule has 61 heavy (non-hydrogen) atoms. The normalized spacial score (nSPS) is 23.0. The molecule has 4 aromatic rings. The zero-order valence-electron chi connectivity index (χ0n) is 35.1. The number of aliphatic carboxylic acids is 2. The number of carboxylic acids is 2. The van der Waals surface area contributed by atoms with Crippen molar-refractivity contribution in [2.45, 2.75) is 114 Å². The predicted octanol–water partition coefficient (Wildman–Crippen LogP) is 9.37. The minimum absolute atomic E-state index is 0.00268. The topological polar surface area (TPSA) is 183 Å². The Hall–Kier alpha value is -5.49. The van der Waals surface area contributed by atoms with E-state index in [1.807, 2.05) is 60.8 Å². The third-order valence-electron chi connectivity index (χ3n) is 13.3. The number of nitrogens with zero attached hydrogens (tertiary/aromatic N) is 3. The van der Waals surface area contributed by atoms with Crippen LogP contribution in [0.15, 0.2) is 90.3 Å². The number of hydrogen-bond donors (Lipinski definition) is 5. The Kier molecular flexibility index (Phi) is 13.6. The van der Waals surface area contributed by atoms with Crippen LogP contribution in [0.25, 0.3) is 0 Å². The van der Waals surface area contributed by atoms with Crippen LogP contribution in [0.5, 0.6) is 11.5 Å². The fourth-order valence-electron chi connectivity index (χ4n) is 10.2. The average Bonchev–Trinajstić information content (AvgIpc) is 3.53. The van der Waals surface area contributed by atoms with Gasteiger partial charge in [0.05, 0.1) is 13.2 Å². The summed E-state index contributed by atoms with van der Waals surface area (Å²) in [4.78, 5) is 30.0. The van der Waals surface area contributed by atoms with Crippen molar-refractivity contribution < 1.29 is 34.0 Å². The van der Waals surface area contributed by atoms with Crippen LogP contribution in [0, 0.1) is 17.2 Å². The van der Waals surface area contributed by atoms with E-state index in [2.05, 4.69) is 41.5 Å². The van der Waals surface area contributed by atoms with Gasteiger partial charge < -0.3 is 25.0 Å². The summed E-state index contributed by atoms with van der Waals surface area (Å²) in [5.41, 5.74) is 4.96. The SMILES string of the molecule is C[C@@H](COc1ccnc2c1[C@H](C)CCC2)C[C@H]1Cc2ccc(OCCCC(=N)[N+](=NN)[C@H](Cc3ccccc3)C(=O)O)cc2C12CCC(Nc1cccc(Cl)c1)(C(=O)O)CC2. The van der Waals surface area contributed by atoms with E-state index < -0.39 is 23.5 Å². The number of carboxylic acid groups (broad SMARTS) is 2. The molecule has 0 amide bonds. The Labute approximate surface area is 363 Å². The third kappa shape index (κ3) is 9.70. The molecule has 6 N–H and O–H groups in total. The standard InChI is InChI=1S/C48H57ClN6O6/c1-31(30-61-42-18-23-52-40-14-6-9-32(2)44(40)42)25-35-27-34-16-17-38(60-24-8-15-43(50)55(54-51)41(45(56)57)26-33-10-4-3-5-11-33)29-39(34)47(35)19-21-48(22-20-47,46(58)59)53-37-13-7-12-36(49)28-37/h3-5,7,10-13,16-18,23,28-29,31-32,35,41,50-51,53H,6,8-9,14-15,19-22,24-27,30H2,1-2H3,(H2,56,57,58,59)/p+1/t31-,32-,35+,41-,47?,48?/m1/s1. The molecule has 3 aliphatic rings. The number of anilines is 1. The molecular weight excluding hydrogens is 792 g/mol. The number of aryl methyl sites for hydroxylation is 1. The van der Waals surface area contributed by atoms with Crippen LogP contribution in [-0.2, 0) is 34.3 Å². The summed E-state index contributed by atoms with van der Waals surface area (Å²) in [5.74, 6) is 6.23. The molecule has 322 valence electrons. The van der Waals surface area contributed by atoms with Gasteiger partial charge in [0.25, 0.3) is 0 Å². The Balaban J connectivity index is 1.06. The first-order valence-electron chi connectivity index (χ1n) is 21.6. The number of nitrogens with two attached hydrogens (primary N) is 1. The highest BCUT2D eigenvalue weighted by molar-refractivity contribution is 6.30. The van der Waals surface area contributed by atoms with Crippen LogP contribution < -0.4 is 20.6 Å². The number of ether oxygens (including phenoxy) is 2. The number of hydrogen-bond acceptors (Lipinski definition) is 8. The van der Waals surface area contributed by atoms with Gasteiger partial charge in [-0.2, -0.15) is 5.41 Å². The highest BCUT2D eigenvalue weighted by atomic mass is 35.5. The second kappa shape index (κ2) is 19.1. The number of fused-ring (bicyclic) bond motifs is 3. The van der Waals surface area contributed by atoms with Crippen molar-refractivity contribution >= 4 is 35.1 Å². The molecule has 0 saturated heterocycles. The third-order valence-corrected chi connectivity index (χ3v) is 13.6. The molecule has 1 spiro atoms. The van der Waals surface area contributed by atoms with Crippen molar-refractivity contribution in [3.8, 4) is 11.5 Å². The van der Waals surface area contributed by atoms with Crippen molar-refractivity contribution in [2.24, 2.45) is 22.9 Å². The minimum atomic E-state index is -1.14. The molecule has 13 heteroatoms. The van der Waals surface area contributed by atoms with E-state index >= 15 is 0 Å². The monoisotopic (exact) mass is 849 g/mol. The molecular formula is C48H58ClN6O6+. The van der Waals surface area contributed by atoms with Gasteiger partial charge in [0, 0.05) is 46.2 Å². The summed E-state index contributed by atoms with van der Waals surface area (Å²) in [7, 11) is 0. The first-order valence-corrected chi connectivity index (χ1v) is 22.0. The van der Waals surface area contributed by atoms with E-state index in [0.717, 1.165) is 53.8 Å². The molecule has 3 aromatic carbocycles. The Morgan fingerprint density at radius 3 is 2.56 bits per heavy atom. The molecule has 0 unspecified atom stereocenters. The lowest BCUT2D eigenvalue weighted by Crippen LogP contribution is -2.53. The van der Waals surface area contributed by atoms with Crippen molar-refractivity contribution in [2.75, 3.05) is 18.5 Å². The molecule has 12 nitrogen and oxygen atoms in total. The highest BCUT2D eigenvalue weighted by Crippen LogP contribution is 2.57. The van der Waals surface area contributed by atoms with E-state index in [1.54, 1.807) is 12.1 Å². The fourth-order valence-corrected chi connectivity index (χ4v) is 10.4. The second-order valence-corrected chi connectivity index (χ2v) is 17.9. The van der Waals surface area contributed by atoms with Gasteiger partial charge in [-0.3, -0.25) is 4.98 Å². The zero-order chi connectivity index (χ0) is 43.1. The number of pyridine rings is 1. The lowest BCUT2D eigenvalue weighted by molar-refractivity contribution is -0.517. The van der Waals surface area contributed by atoms with Gasteiger partial charge >= 0.3 is 11.9 Å². The summed E-state index contributed by atoms with van der Waals surface area (Å²) < 4.78 is 14.0. The average molecular weight is 850 g/mol. The molecule has 1 heterocycles. The van der Waals surface area contributed by atoms with E-state index in [4.69, 9.17) is 32.3 Å². The number of amidine groups is 1. The number of benzene rings is 3. The van der Waals surface area contributed by atoms with E-state index in [0.29, 0.717) is 67.7 Å². The molecule has 0 radical (unpaired) electrons. The number of halogens is 1. The van der Waals surface area contributed by atoms with Gasteiger partial charge in [0.15, 0.2) is 0 Å². The first-order chi connectivity index (χ1) is 29.4. The van der Waals surface area contributed by atoms with Crippen molar-refractivity contribution in [1.82, 2.24) is 4.98 Å². The molecule has 7 rings (SSSR count). The summed E-state index contributed by atoms with van der Waals surface area (Å²) in [6, 6.07) is 23.6. The summed E-state index contributed by atoms with van der Waals surface area (Å²) >= 11 is 6.31. The van der Waals surface area contributed by atoms with Gasteiger partial charge in [0.1, 0.15) is 17.0 Å². The maximum atomic E-state index is 13.1. The molecule has 3 aliphatic carbocycles. The van der Waals surface area contributed by atoms with Crippen LogP contribution in [-0.4, -0.2) is 62.5 Å². The first kappa shape index (κ1) is 43.6. The van der Waals surface area contributed by atoms with Gasteiger partial charge in [-0.05, 0) is 140 Å². The smallest absolute Gasteiger partial charge is 0.344 e.